The Hall–Kier alpha value is -1.80. The van der Waals surface area contributed by atoms with Gasteiger partial charge in [0.1, 0.15) is 5.75 Å². The van der Waals surface area contributed by atoms with Crippen molar-refractivity contribution in [2.45, 2.75) is 11.1 Å². The van der Waals surface area contributed by atoms with Crippen molar-refractivity contribution in [3.05, 3.63) is 29.4 Å². The van der Waals surface area contributed by atoms with E-state index in [1.165, 1.54) is 24.4 Å². The summed E-state index contributed by atoms with van der Waals surface area (Å²) in [5.41, 5.74) is 5.99. The van der Waals surface area contributed by atoms with Crippen LogP contribution in [0.5, 0.6) is 5.75 Å². The minimum Gasteiger partial charge on any atom is -0.508 e. The number of phenols is 1. The van der Waals surface area contributed by atoms with Gasteiger partial charge in [-0.1, -0.05) is 0 Å². The Kier molecular flexibility index (Phi) is 3.14. The topological polar surface area (TPSA) is 105 Å². The predicted molar refractivity (Wildman–Crippen MR) is 70.2 cm³/mol. The van der Waals surface area contributed by atoms with Crippen molar-refractivity contribution >= 4 is 32.7 Å². The number of hydrogen-bond acceptors (Lipinski definition) is 6. The van der Waals surface area contributed by atoms with E-state index in [9.17, 15) is 13.5 Å². The van der Waals surface area contributed by atoms with Crippen molar-refractivity contribution in [1.29, 1.82) is 0 Å². The van der Waals surface area contributed by atoms with Gasteiger partial charge in [-0.05, 0) is 19.1 Å². The Morgan fingerprint density at radius 3 is 2.72 bits per heavy atom. The Labute approximate surface area is 108 Å². The second kappa shape index (κ2) is 4.46. The number of benzene rings is 1. The number of phenolic OH excluding ortho intramolecular Hbond substituents is 1. The first-order chi connectivity index (χ1) is 8.38. The van der Waals surface area contributed by atoms with Crippen LogP contribution in [0, 0.1) is 6.92 Å². The van der Waals surface area contributed by atoms with E-state index in [2.05, 4.69) is 9.71 Å². The van der Waals surface area contributed by atoms with Gasteiger partial charge in [0.15, 0.2) is 4.21 Å². The Morgan fingerprint density at radius 2 is 2.17 bits per heavy atom. The lowest BCUT2D eigenvalue weighted by Gasteiger charge is -2.08. The second-order valence-electron chi connectivity index (χ2n) is 3.58. The summed E-state index contributed by atoms with van der Waals surface area (Å²) in [7, 11) is -3.68. The molecule has 0 aliphatic heterocycles. The average molecular weight is 285 g/mol. The highest BCUT2D eigenvalue weighted by atomic mass is 32.2. The summed E-state index contributed by atoms with van der Waals surface area (Å²) in [4.78, 5) is 3.89. The van der Waals surface area contributed by atoms with Crippen LogP contribution in [-0.4, -0.2) is 18.5 Å². The summed E-state index contributed by atoms with van der Waals surface area (Å²) in [6, 6.07) is 4.03. The van der Waals surface area contributed by atoms with E-state index >= 15 is 0 Å². The maximum atomic E-state index is 12.0. The van der Waals surface area contributed by atoms with E-state index in [1.807, 2.05) is 0 Å². The number of rotatable bonds is 3. The van der Waals surface area contributed by atoms with E-state index in [-0.39, 0.29) is 21.3 Å². The van der Waals surface area contributed by atoms with E-state index in [0.717, 1.165) is 11.3 Å². The number of nitrogen functional groups attached to an aromatic ring is 1. The summed E-state index contributed by atoms with van der Waals surface area (Å²) < 4.78 is 26.5. The zero-order valence-corrected chi connectivity index (χ0v) is 11.0. The molecule has 0 amide bonds. The van der Waals surface area contributed by atoms with Crippen molar-refractivity contribution in [1.82, 2.24) is 4.98 Å². The molecule has 0 aliphatic carbocycles. The molecule has 0 bridgehead atoms. The van der Waals surface area contributed by atoms with E-state index in [0.29, 0.717) is 5.01 Å². The van der Waals surface area contributed by atoms with Crippen molar-refractivity contribution in [3.8, 4) is 5.75 Å². The minimum atomic E-state index is -3.68. The number of anilines is 2. The van der Waals surface area contributed by atoms with Crippen molar-refractivity contribution in [3.63, 3.8) is 0 Å². The third kappa shape index (κ3) is 2.54. The van der Waals surface area contributed by atoms with Crippen LogP contribution in [0.1, 0.15) is 5.01 Å². The Morgan fingerprint density at radius 1 is 1.44 bits per heavy atom. The zero-order chi connectivity index (χ0) is 13.3. The van der Waals surface area contributed by atoms with Crippen LogP contribution in [0.2, 0.25) is 0 Å². The molecule has 0 atom stereocenters. The fourth-order valence-corrected chi connectivity index (χ4v) is 3.50. The van der Waals surface area contributed by atoms with Crippen LogP contribution in [0.25, 0.3) is 0 Å². The van der Waals surface area contributed by atoms with Gasteiger partial charge < -0.3 is 10.8 Å². The average Bonchev–Trinajstić information content (AvgIpc) is 2.70. The number of nitrogens with two attached hydrogens (primary N) is 1. The number of sulfonamides is 1. The van der Waals surface area contributed by atoms with Crippen LogP contribution < -0.4 is 10.5 Å². The first-order valence-corrected chi connectivity index (χ1v) is 7.22. The highest BCUT2D eigenvalue weighted by Gasteiger charge is 2.18. The molecule has 0 fully saturated rings. The Bertz CT molecular complexity index is 679. The van der Waals surface area contributed by atoms with E-state index < -0.39 is 10.0 Å². The number of thiazole rings is 1. The normalized spacial score (nSPS) is 11.4. The molecule has 1 heterocycles. The zero-order valence-electron chi connectivity index (χ0n) is 9.41. The summed E-state index contributed by atoms with van der Waals surface area (Å²) in [5, 5.41) is 9.85. The SMILES string of the molecule is Cc1ncc(S(=O)(=O)Nc2ccc(O)cc2N)s1. The molecular weight excluding hydrogens is 274 g/mol. The lowest BCUT2D eigenvalue weighted by atomic mass is 10.2. The summed E-state index contributed by atoms with van der Waals surface area (Å²) in [5.74, 6) is -0.0240. The Balaban J connectivity index is 2.33. The number of nitrogens with zero attached hydrogens (tertiary/aromatic N) is 1. The molecular formula is C10H11N3O3S2. The highest BCUT2D eigenvalue weighted by molar-refractivity contribution is 7.94. The number of aromatic nitrogens is 1. The molecule has 96 valence electrons. The van der Waals surface area contributed by atoms with Gasteiger partial charge in [0.25, 0.3) is 10.0 Å². The molecule has 18 heavy (non-hydrogen) atoms. The van der Waals surface area contributed by atoms with Gasteiger partial charge in [-0.15, -0.1) is 11.3 Å². The highest BCUT2D eigenvalue weighted by Crippen LogP contribution is 2.27. The van der Waals surface area contributed by atoms with Gasteiger partial charge >= 0.3 is 0 Å². The lowest BCUT2D eigenvalue weighted by molar-refractivity contribution is 0.475. The molecule has 0 radical (unpaired) electrons. The second-order valence-corrected chi connectivity index (χ2v) is 6.72. The fourth-order valence-electron chi connectivity index (χ4n) is 1.30. The van der Waals surface area contributed by atoms with Crippen molar-refractivity contribution < 1.29 is 13.5 Å². The maximum absolute atomic E-state index is 12.0. The van der Waals surface area contributed by atoms with E-state index in [1.54, 1.807) is 6.92 Å². The summed E-state index contributed by atoms with van der Waals surface area (Å²) in [6.45, 7) is 1.72. The fraction of sp³-hybridized carbons (Fsp3) is 0.100. The standard InChI is InChI=1S/C10H11N3O3S2/c1-6-12-5-10(17-6)18(15,16)13-9-3-2-7(14)4-8(9)11/h2-5,13-14H,11H2,1H3. The molecule has 2 aromatic rings. The largest absolute Gasteiger partial charge is 0.508 e. The van der Waals surface area contributed by atoms with Crippen LogP contribution in [0.4, 0.5) is 11.4 Å². The van der Waals surface area contributed by atoms with Gasteiger partial charge in [-0.2, -0.15) is 0 Å². The van der Waals surface area contributed by atoms with Gasteiger partial charge in [0, 0.05) is 6.07 Å². The molecule has 0 saturated heterocycles. The molecule has 1 aromatic heterocycles. The summed E-state index contributed by atoms with van der Waals surface area (Å²) in [6.07, 6.45) is 1.29. The monoisotopic (exact) mass is 285 g/mol. The van der Waals surface area contributed by atoms with Crippen molar-refractivity contribution in [2.75, 3.05) is 10.5 Å². The third-order valence-corrected chi connectivity index (χ3v) is 4.88. The first-order valence-electron chi connectivity index (χ1n) is 4.92. The molecule has 0 unspecified atom stereocenters. The number of hydrogen-bond donors (Lipinski definition) is 3. The molecule has 1 aromatic carbocycles. The number of aromatic hydroxyl groups is 1. The van der Waals surface area contributed by atoms with Gasteiger partial charge in [0.05, 0.1) is 22.6 Å². The third-order valence-electron chi connectivity index (χ3n) is 2.14. The number of aryl methyl sites for hydroxylation is 1. The van der Waals surface area contributed by atoms with Crippen molar-refractivity contribution in [2.24, 2.45) is 0 Å². The minimum absolute atomic E-state index is 0.0240. The van der Waals surface area contributed by atoms with Gasteiger partial charge in [-0.25, -0.2) is 13.4 Å². The van der Waals surface area contributed by atoms with Gasteiger partial charge in [-0.3, -0.25) is 4.72 Å². The first kappa shape index (κ1) is 12.7. The maximum Gasteiger partial charge on any atom is 0.273 e. The molecule has 4 N–H and O–H groups in total. The quantitative estimate of drug-likeness (QED) is 0.586. The predicted octanol–water partition coefficient (Wildman–Crippen LogP) is 1.54. The molecule has 6 nitrogen and oxygen atoms in total. The molecule has 2 rings (SSSR count). The molecule has 8 heteroatoms. The van der Waals surface area contributed by atoms with Crippen LogP contribution in [-0.2, 0) is 10.0 Å². The van der Waals surface area contributed by atoms with Crippen LogP contribution in [0.15, 0.2) is 28.6 Å². The molecule has 0 saturated carbocycles. The van der Waals surface area contributed by atoms with Crippen LogP contribution in [0.3, 0.4) is 0 Å². The summed E-state index contributed by atoms with van der Waals surface area (Å²) >= 11 is 1.07. The smallest absolute Gasteiger partial charge is 0.273 e. The lowest BCUT2D eigenvalue weighted by Crippen LogP contribution is -2.12. The van der Waals surface area contributed by atoms with E-state index in [4.69, 9.17) is 5.73 Å². The molecule has 0 aliphatic rings. The van der Waals surface area contributed by atoms with Crippen LogP contribution >= 0.6 is 11.3 Å². The van der Waals surface area contributed by atoms with Gasteiger partial charge in [0.2, 0.25) is 0 Å². The molecule has 0 spiro atoms. The number of nitrogens with one attached hydrogen (secondary N) is 1.